The smallest absolute Gasteiger partial charge is 0.128 e. The van der Waals surface area contributed by atoms with E-state index in [-0.39, 0.29) is 11.5 Å². The second kappa shape index (κ2) is 6.59. The van der Waals surface area contributed by atoms with Gasteiger partial charge >= 0.3 is 0 Å². The van der Waals surface area contributed by atoms with Crippen LogP contribution in [0.25, 0.3) is 0 Å². The largest absolute Gasteiger partial charge is 0.485 e. The molecule has 3 heteroatoms. The summed E-state index contributed by atoms with van der Waals surface area (Å²) in [5.74, 6) is 1.52. The van der Waals surface area contributed by atoms with Gasteiger partial charge in [-0.1, -0.05) is 91.7 Å². The number of hydrogen-bond donors (Lipinski definition) is 0. The number of halogens is 2. The molecule has 0 spiro atoms. The Morgan fingerprint density at radius 2 is 1.57 bits per heavy atom. The Morgan fingerprint density at radius 3 is 2.13 bits per heavy atom. The van der Waals surface area contributed by atoms with Crippen molar-refractivity contribution in [1.82, 2.24) is 0 Å². The Kier molecular flexibility index (Phi) is 4.70. The lowest BCUT2D eigenvalue weighted by atomic mass is 9.99. The van der Waals surface area contributed by atoms with Crippen molar-refractivity contribution in [2.24, 2.45) is 17.3 Å². The van der Waals surface area contributed by atoms with Crippen LogP contribution >= 0.6 is 23.2 Å². The highest BCUT2D eigenvalue weighted by Gasteiger charge is 2.61. The van der Waals surface area contributed by atoms with E-state index in [4.69, 9.17) is 27.9 Å². The Morgan fingerprint density at radius 1 is 1.00 bits per heavy atom. The predicted molar refractivity (Wildman–Crippen MR) is 96.8 cm³/mol. The molecule has 0 radical (unpaired) electrons. The molecular formula is C20H20Cl2O. The van der Waals surface area contributed by atoms with E-state index in [1.54, 1.807) is 0 Å². The summed E-state index contributed by atoms with van der Waals surface area (Å²) in [5, 5.41) is 0. The predicted octanol–water partition coefficient (Wildman–Crippen LogP) is 6.40. The first-order valence-electron chi connectivity index (χ1n) is 7.79. The number of hydrogen-bond acceptors (Lipinski definition) is 1. The minimum Gasteiger partial charge on any atom is -0.485 e. The lowest BCUT2D eigenvalue weighted by Gasteiger charge is -2.21. The third-order valence-electron chi connectivity index (χ3n) is 4.76. The summed E-state index contributed by atoms with van der Waals surface area (Å²) in [5.41, 5.74) is 1.28. The van der Waals surface area contributed by atoms with Gasteiger partial charge in [0.15, 0.2) is 0 Å². The highest BCUT2D eigenvalue weighted by Crippen LogP contribution is 2.65. The molecule has 120 valence electrons. The molecule has 2 aromatic carbocycles. The van der Waals surface area contributed by atoms with Crippen LogP contribution in [0.5, 0.6) is 5.75 Å². The van der Waals surface area contributed by atoms with Gasteiger partial charge in [-0.25, -0.2) is 0 Å². The number of benzene rings is 2. The molecule has 1 nitrogen and oxygen atoms in total. The van der Waals surface area contributed by atoms with Crippen molar-refractivity contribution in [3.05, 3.63) is 76.8 Å². The zero-order valence-corrected chi connectivity index (χ0v) is 14.8. The summed E-state index contributed by atoms with van der Waals surface area (Å²) in [6.45, 7) is 4.47. The maximum absolute atomic E-state index is 6.36. The SMILES string of the molecule is CC1(C)C(C=C(Cl)Cl)C1C(Oc1ccccc1)c1ccccc1. The van der Waals surface area contributed by atoms with Crippen molar-refractivity contribution < 1.29 is 4.74 Å². The van der Waals surface area contributed by atoms with Crippen LogP contribution in [0.3, 0.4) is 0 Å². The van der Waals surface area contributed by atoms with Crippen molar-refractivity contribution >= 4 is 23.2 Å². The number of rotatable bonds is 5. The molecule has 0 saturated heterocycles. The molecule has 0 aromatic heterocycles. The number of para-hydroxylation sites is 1. The van der Waals surface area contributed by atoms with Crippen LogP contribution in [0.1, 0.15) is 25.5 Å². The van der Waals surface area contributed by atoms with Gasteiger partial charge in [-0.3, -0.25) is 0 Å². The summed E-state index contributed by atoms with van der Waals surface area (Å²) in [4.78, 5) is 0. The van der Waals surface area contributed by atoms with Crippen LogP contribution in [0.4, 0.5) is 0 Å². The van der Waals surface area contributed by atoms with Gasteiger partial charge in [0.1, 0.15) is 16.3 Å². The van der Waals surface area contributed by atoms with Gasteiger partial charge in [-0.2, -0.15) is 0 Å². The first kappa shape index (κ1) is 16.4. The van der Waals surface area contributed by atoms with Crippen LogP contribution < -0.4 is 4.74 Å². The summed E-state index contributed by atoms with van der Waals surface area (Å²) in [7, 11) is 0. The van der Waals surface area contributed by atoms with Gasteiger partial charge in [0.05, 0.1) is 0 Å². The van der Waals surface area contributed by atoms with E-state index < -0.39 is 0 Å². The molecule has 1 aliphatic carbocycles. The summed E-state index contributed by atoms with van der Waals surface area (Å²) in [6.07, 6.45) is 1.92. The number of ether oxygens (including phenoxy) is 1. The van der Waals surface area contributed by atoms with Gasteiger partial charge < -0.3 is 4.74 Å². The summed E-state index contributed by atoms with van der Waals surface area (Å²) in [6, 6.07) is 20.3. The van der Waals surface area contributed by atoms with Crippen LogP contribution in [0, 0.1) is 17.3 Å². The minimum atomic E-state index is -0.0254. The zero-order chi connectivity index (χ0) is 16.4. The van der Waals surface area contributed by atoms with Gasteiger partial charge in [0.25, 0.3) is 0 Å². The van der Waals surface area contributed by atoms with Gasteiger partial charge in [-0.05, 0) is 29.0 Å². The highest BCUT2D eigenvalue weighted by atomic mass is 35.5. The van der Waals surface area contributed by atoms with Crippen molar-refractivity contribution in [1.29, 1.82) is 0 Å². The molecule has 3 unspecified atom stereocenters. The number of allylic oxidation sites excluding steroid dienone is 1. The molecule has 23 heavy (non-hydrogen) atoms. The lowest BCUT2D eigenvalue weighted by molar-refractivity contribution is 0.163. The van der Waals surface area contributed by atoms with Crippen molar-refractivity contribution in [2.75, 3.05) is 0 Å². The lowest BCUT2D eigenvalue weighted by Crippen LogP contribution is -2.13. The fraction of sp³-hybridized carbons (Fsp3) is 0.300. The summed E-state index contributed by atoms with van der Waals surface area (Å²) < 4.78 is 6.69. The maximum atomic E-state index is 6.36. The van der Waals surface area contributed by atoms with Gasteiger partial charge in [0.2, 0.25) is 0 Å². The molecule has 0 aliphatic heterocycles. The summed E-state index contributed by atoms with van der Waals surface area (Å²) >= 11 is 11.8. The second-order valence-electron chi connectivity index (χ2n) is 6.59. The fourth-order valence-electron chi connectivity index (χ4n) is 3.39. The van der Waals surface area contributed by atoms with E-state index >= 15 is 0 Å². The van der Waals surface area contributed by atoms with Gasteiger partial charge in [0, 0.05) is 5.92 Å². The average Bonchev–Trinajstić information content (AvgIpc) is 3.06. The Bertz CT molecular complexity index is 675. The fourth-order valence-corrected chi connectivity index (χ4v) is 3.66. The maximum Gasteiger partial charge on any atom is 0.128 e. The van der Waals surface area contributed by atoms with Crippen LogP contribution in [0.2, 0.25) is 0 Å². The third-order valence-corrected chi connectivity index (χ3v) is 5.01. The average molecular weight is 347 g/mol. The van der Waals surface area contributed by atoms with E-state index in [1.165, 1.54) is 5.56 Å². The van der Waals surface area contributed by atoms with E-state index in [1.807, 2.05) is 54.6 Å². The highest BCUT2D eigenvalue weighted by molar-refractivity contribution is 6.55. The normalized spacial score (nSPS) is 23.0. The van der Waals surface area contributed by atoms with Crippen molar-refractivity contribution in [2.45, 2.75) is 20.0 Å². The van der Waals surface area contributed by atoms with E-state index in [9.17, 15) is 0 Å². The van der Waals surface area contributed by atoms with Crippen LogP contribution in [-0.4, -0.2) is 0 Å². The molecule has 1 aliphatic rings. The standard InChI is InChI=1S/C20H20Cl2O/c1-20(2)16(13-17(21)22)18(20)19(14-9-5-3-6-10-14)23-15-11-7-4-8-12-15/h3-13,16,18-19H,1-2H3. The molecule has 3 atom stereocenters. The van der Waals surface area contributed by atoms with E-state index in [2.05, 4.69) is 26.0 Å². The first-order valence-corrected chi connectivity index (χ1v) is 8.55. The molecule has 1 fully saturated rings. The Labute approximate surface area is 147 Å². The molecule has 0 N–H and O–H groups in total. The van der Waals surface area contributed by atoms with E-state index in [0.29, 0.717) is 16.3 Å². The molecule has 1 saturated carbocycles. The van der Waals surface area contributed by atoms with E-state index in [0.717, 1.165) is 5.75 Å². The quantitative estimate of drug-likeness (QED) is 0.608. The Hall–Kier alpha value is -1.44. The van der Waals surface area contributed by atoms with Crippen LogP contribution in [0.15, 0.2) is 71.2 Å². The second-order valence-corrected chi connectivity index (χ2v) is 7.60. The Balaban J connectivity index is 1.92. The van der Waals surface area contributed by atoms with Gasteiger partial charge in [-0.15, -0.1) is 0 Å². The molecule has 0 amide bonds. The molecular weight excluding hydrogens is 327 g/mol. The molecule has 0 bridgehead atoms. The van der Waals surface area contributed by atoms with Crippen molar-refractivity contribution in [3.63, 3.8) is 0 Å². The minimum absolute atomic E-state index is 0.0254. The topological polar surface area (TPSA) is 9.23 Å². The van der Waals surface area contributed by atoms with Crippen molar-refractivity contribution in [3.8, 4) is 5.75 Å². The third kappa shape index (κ3) is 3.57. The first-order chi connectivity index (χ1) is 11.0. The molecule has 0 heterocycles. The molecule has 2 aromatic rings. The molecule has 3 rings (SSSR count). The van der Waals surface area contributed by atoms with Crippen LogP contribution in [-0.2, 0) is 0 Å². The monoisotopic (exact) mass is 346 g/mol. The zero-order valence-electron chi connectivity index (χ0n) is 13.2.